The van der Waals surface area contributed by atoms with Gasteiger partial charge in [0, 0.05) is 18.3 Å². The third kappa shape index (κ3) is 2.91. The number of carbonyl (C=O) groups is 1. The van der Waals surface area contributed by atoms with E-state index >= 15 is 0 Å². The first kappa shape index (κ1) is 14.9. The van der Waals surface area contributed by atoms with E-state index in [0.29, 0.717) is 24.1 Å². The fraction of sp³-hybridized carbons (Fsp3) is 0.389. The summed E-state index contributed by atoms with van der Waals surface area (Å²) in [5, 5.41) is 0. The van der Waals surface area contributed by atoms with Crippen molar-refractivity contribution in [2.75, 3.05) is 6.79 Å². The maximum absolute atomic E-state index is 12.9. The minimum Gasteiger partial charge on any atom is -0.454 e. The molecule has 2 heterocycles. The van der Waals surface area contributed by atoms with Gasteiger partial charge in [0.15, 0.2) is 11.5 Å². The van der Waals surface area contributed by atoms with E-state index in [4.69, 9.17) is 9.47 Å². The lowest BCUT2D eigenvalue weighted by molar-refractivity contribution is 0.0723. The third-order valence-electron chi connectivity index (χ3n) is 4.22. The molecule has 0 atom stereocenters. The maximum Gasteiger partial charge on any atom is 0.273 e. The van der Waals surface area contributed by atoms with Crippen molar-refractivity contribution in [2.24, 2.45) is 0 Å². The molecule has 1 aromatic carbocycles. The lowest BCUT2D eigenvalue weighted by Gasteiger charge is -2.22. The van der Waals surface area contributed by atoms with Gasteiger partial charge in [-0.1, -0.05) is 6.07 Å². The Morgan fingerprint density at radius 3 is 2.71 bits per heavy atom. The molecule has 124 valence electrons. The molecule has 6 heteroatoms. The SMILES string of the molecule is Cc1cc(C(=O)N(Cc2ccc3c(c2)OCO3)C2CC2)nc(C)n1. The quantitative estimate of drug-likeness (QED) is 0.864. The smallest absolute Gasteiger partial charge is 0.273 e. The van der Waals surface area contributed by atoms with Gasteiger partial charge >= 0.3 is 0 Å². The Labute approximate surface area is 140 Å². The zero-order valence-electron chi connectivity index (χ0n) is 13.8. The highest BCUT2D eigenvalue weighted by molar-refractivity contribution is 5.92. The van der Waals surface area contributed by atoms with Crippen LogP contribution in [0.25, 0.3) is 0 Å². The highest BCUT2D eigenvalue weighted by atomic mass is 16.7. The molecule has 1 fully saturated rings. The average Bonchev–Trinajstić information content (AvgIpc) is 3.28. The van der Waals surface area contributed by atoms with E-state index in [0.717, 1.165) is 35.6 Å². The van der Waals surface area contributed by atoms with Crippen LogP contribution < -0.4 is 9.47 Å². The molecular formula is C18H19N3O3. The fourth-order valence-corrected chi connectivity index (χ4v) is 2.96. The molecule has 2 aromatic rings. The number of amides is 1. The molecular weight excluding hydrogens is 306 g/mol. The Hall–Kier alpha value is -2.63. The van der Waals surface area contributed by atoms with Gasteiger partial charge in [-0.25, -0.2) is 9.97 Å². The van der Waals surface area contributed by atoms with Crippen molar-refractivity contribution in [1.82, 2.24) is 14.9 Å². The number of hydrogen-bond donors (Lipinski definition) is 0. The average molecular weight is 325 g/mol. The minimum atomic E-state index is -0.0382. The summed E-state index contributed by atoms with van der Waals surface area (Å²) in [6.45, 7) is 4.49. The largest absolute Gasteiger partial charge is 0.454 e. The van der Waals surface area contributed by atoms with Crippen molar-refractivity contribution in [2.45, 2.75) is 39.3 Å². The zero-order valence-corrected chi connectivity index (χ0v) is 13.8. The topological polar surface area (TPSA) is 64.6 Å². The van der Waals surface area contributed by atoms with Gasteiger partial charge < -0.3 is 14.4 Å². The molecule has 1 aliphatic heterocycles. The van der Waals surface area contributed by atoms with E-state index in [1.807, 2.05) is 36.9 Å². The van der Waals surface area contributed by atoms with E-state index in [1.165, 1.54) is 0 Å². The van der Waals surface area contributed by atoms with Gasteiger partial charge in [-0.05, 0) is 50.5 Å². The number of carbonyl (C=O) groups excluding carboxylic acids is 1. The number of hydrogen-bond acceptors (Lipinski definition) is 5. The third-order valence-corrected chi connectivity index (χ3v) is 4.22. The van der Waals surface area contributed by atoms with E-state index in [-0.39, 0.29) is 12.7 Å². The van der Waals surface area contributed by atoms with Gasteiger partial charge in [0.2, 0.25) is 6.79 Å². The van der Waals surface area contributed by atoms with Crippen LogP contribution in [0.2, 0.25) is 0 Å². The molecule has 4 rings (SSSR count). The number of fused-ring (bicyclic) bond motifs is 1. The lowest BCUT2D eigenvalue weighted by Crippen LogP contribution is -2.33. The molecule has 1 aromatic heterocycles. The zero-order chi connectivity index (χ0) is 16.7. The molecule has 0 bridgehead atoms. The van der Waals surface area contributed by atoms with Crippen LogP contribution in [0.5, 0.6) is 11.5 Å². The van der Waals surface area contributed by atoms with Gasteiger partial charge in [0.1, 0.15) is 11.5 Å². The Morgan fingerprint density at radius 1 is 1.17 bits per heavy atom. The van der Waals surface area contributed by atoms with Crippen LogP contribution in [0.3, 0.4) is 0 Å². The number of ether oxygens (including phenoxy) is 2. The summed E-state index contributed by atoms with van der Waals surface area (Å²) >= 11 is 0. The number of aromatic nitrogens is 2. The van der Waals surface area contributed by atoms with Crippen LogP contribution in [0.15, 0.2) is 24.3 Å². The van der Waals surface area contributed by atoms with Crippen molar-refractivity contribution in [3.05, 3.63) is 47.0 Å². The van der Waals surface area contributed by atoms with Crippen LogP contribution in [0, 0.1) is 13.8 Å². The summed E-state index contributed by atoms with van der Waals surface area (Å²) in [6, 6.07) is 7.86. The molecule has 0 saturated heterocycles. The van der Waals surface area contributed by atoms with E-state index in [2.05, 4.69) is 9.97 Å². The van der Waals surface area contributed by atoms with Crippen molar-refractivity contribution in [3.8, 4) is 11.5 Å². The lowest BCUT2D eigenvalue weighted by atomic mass is 10.1. The van der Waals surface area contributed by atoms with Crippen molar-refractivity contribution in [3.63, 3.8) is 0 Å². The first-order valence-corrected chi connectivity index (χ1v) is 8.12. The molecule has 0 N–H and O–H groups in total. The summed E-state index contributed by atoms with van der Waals surface area (Å²) in [5.41, 5.74) is 2.30. The van der Waals surface area contributed by atoms with Crippen LogP contribution in [0.4, 0.5) is 0 Å². The summed E-state index contributed by atoms with van der Waals surface area (Å²) in [6.07, 6.45) is 2.08. The number of benzene rings is 1. The van der Waals surface area contributed by atoms with Gasteiger partial charge in [-0.2, -0.15) is 0 Å². The normalized spacial score (nSPS) is 15.4. The monoisotopic (exact) mass is 325 g/mol. The number of nitrogens with zero attached hydrogens (tertiary/aromatic N) is 3. The van der Waals surface area contributed by atoms with Gasteiger partial charge in [-0.15, -0.1) is 0 Å². The first-order chi connectivity index (χ1) is 11.6. The molecule has 2 aliphatic rings. The predicted octanol–water partition coefficient (Wildman–Crippen LogP) is 2.63. The van der Waals surface area contributed by atoms with Gasteiger partial charge in [0.05, 0.1) is 0 Å². The van der Waals surface area contributed by atoms with Crippen molar-refractivity contribution < 1.29 is 14.3 Å². The van der Waals surface area contributed by atoms with Gasteiger partial charge in [0.25, 0.3) is 5.91 Å². The van der Waals surface area contributed by atoms with Crippen LogP contribution in [-0.2, 0) is 6.54 Å². The summed E-state index contributed by atoms with van der Waals surface area (Å²) in [4.78, 5) is 23.4. The summed E-state index contributed by atoms with van der Waals surface area (Å²) in [5.74, 6) is 2.08. The molecule has 24 heavy (non-hydrogen) atoms. The molecule has 0 spiro atoms. The number of aryl methyl sites for hydroxylation is 2. The number of rotatable bonds is 4. The minimum absolute atomic E-state index is 0.0382. The van der Waals surface area contributed by atoms with Crippen LogP contribution in [-0.4, -0.2) is 33.6 Å². The molecule has 1 aliphatic carbocycles. The predicted molar refractivity (Wildman–Crippen MR) is 87.0 cm³/mol. The van der Waals surface area contributed by atoms with Crippen LogP contribution >= 0.6 is 0 Å². The Balaban J connectivity index is 1.59. The van der Waals surface area contributed by atoms with Gasteiger partial charge in [-0.3, -0.25) is 4.79 Å². The highest BCUT2D eigenvalue weighted by Crippen LogP contribution is 2.34. The Bertz CT molecular complexity index is 782. The van der Waals surface area contributed by atoms with Crippen LogP contribution in [0.1, 0.15) is 40.4 Å². The van der Waals surface area contributed by atoms with E-state index in [1.54, 1.807) is 6.07 Å². The molecule has 0 radical (unpaired) electrons. The maximum atomic E-state index is 12.9. The molecule has 0 unspecified atom stereocenters. The Morgan fingerprint density at radius 2 is 1.96 bits per heavy atom. The first-order valence-electron chi connectivity index (χ1n) is 8.12. The molecule has 1 amide bonds. The molecule has 6 nitrogen and oxygen atoms in total. The highest BCUT2D eigenvalue weighted by Gasteiger charge is 2.34. The second-order valence-electron chi connectivity index (χ2n) is 6.29. The second-order valence-corrected chi connectivity index (χ2v) is 6.29. The standard InChI is InChI=1S/C18H19N3O3/c1-11-7-15(20-12(2)19-11)18(22)21(14-4-5-14)9-13-3-6-16-17(8-13)24-10-23-16/h3,6-8,14H,4-5,9-10H2,1-2H3. The van der Waals surface area contributed by atoms with E-state index in [9.17, 15) is 4.79 Å². The summed E-state index contributed by atoms with van der Waals surface area (Å²) in [7, 11) is 0. The Kier molecular flexibility index (Phi) is 3.59. The van der Waals surface area contributed by atoms with Crippen molar-refractivity contribution in [1.29, 1.82) is 0 Å². The van der Waals surface area contributed by atoms with E-state index < -0.39 is 0 Å². The summed E-state index contributed by atoms with van der Waals surface area (Å²) < 4.78 is 10.8. The van der Waals surface area contributed by atoms with Crippen molar-refractivity contribution >= 4 is 5.91 Å². The molecule has 1 saturated carbocycles. The second kappa shape index (κ2) is 5.78. The fourth-order valence-electron chi connectivity index (χ4n) is 2.96.